The largest absolute Gasteiger partial charge is 0.497 e. The Morgan fingerprint density at radius 3 is 2.47 bits per heavy atom. The molecule has 0 spiro atoms. The summed E-state index contributed by atoms with van der Waals surface area (Å²) in [5.74, 6) is 3.44. The zero-order valence-electron chi connectivity index (χ0n) is 20.3. The molecule has 3 atom stereocenters. The molecule has 3 nitrogen and oxygen atoms in total. The third kappa shape index (κ3) is 5.31. The number of nitrogens with zero attached hydrogens (tertiary/aromatic N) is 1. The number of hydrogen-bond donors (Lipinski definition) is 0. The van der Waals surface area contributed by atoms with Crippen LogP contribution in [0.3, 0.4) is 0 Å². The average Bonchev–Trinajstić information content (AvgIpc) is 3.00. The molecule has 0 bridgehead atoms. The molecule has 0 radical (unpaired) electrons. The molecule has 0 N–H and O–H groups in total. The molecule has 3 heteroatoms. The molecule has 2 aromatic rings. The van der Waals surface area contributed by atoms with Crippen LogP contribution >= 0.6 is 0 Å². The molecule has 3 unspecified atom stereocenters. The van der Waals surface area contributed by atoms with E-state index in [9.17, 15) is 0 Å². The van der Waals surface area contributed by atoms with Crippen LogP contribution in [0.4, 0.5) is 0 Å². The van der Waals surface area contributed by atoms with Crippen molar-refractivity contribution >= 4 is 0 Å². The highest BCUT2D eigenvalue weighted by Gasteiger charge is 2.39. The molecule has 1 saturated heterocycles. The minimum absolute atomic E-state index is 0.218. The maximum atomic E-state index is 5.67. The van der Waals surface area contributed by atoms with Gasteiger partial charge in [-0.2, -0.15) is 0 Å². The summed E-state index contributed by atoms with van der Waals surface area (Å²) in [6.07, 6.45) is 10.3. The predicted octanol–water partition coefficient (Wildman–Crippen LogP) is 6.50. The predicted molar refractivity (Wildman–Crippen MR) is 133 cm³/mol. The minimum Gasteiger partial charge on any atom is -0.497 e. The lowest BCUT2D eigenvalue weighted by atomic mass is 9.73. The highest BCUT2D eigenvalue weighted by Crippen LogP contribution is 2.45. The zero-order valence-corrected chi connectivity index (χ0v) is 20.3. The monoisotopic (exact) mass is 435 g/mol. The molecule has 1 saturated carbocycles. The number of para-hydroxylation sites is 1. The second kappa shape index (κ2) is 10.7. The first-order valence-corrected chi connectivity index (χ1v) is 12.6. The number of hydrogen-bond acceptors (Lipinski definition) is 3. The van der Waals surface area contributed by atoms with Gasteiger partial charge in [-0.15, -0.1) is 0 Å². The molecule has 4 rings (SSSR count). The summed E-state index contributed by atoms with van der Waals surface area (Å²) in [5.41, 5.74) is 3.06. The topological polar surface area (TPSA) is 21.7 Å². The summed E-state index contributed by atoms with van der Waals surface area (Å²) in [6.45, 7) is 6.18. The van der Waals surface area contributed by atoms with Gasteiger partial charge in [-0.25, -0.2) is 0 Å². The van der Waals surface area contributed by atoms with Gasteiger partial charge in [0.05, 0.1) is 14.2 Å². The second-order valence-electron chi connectivity index (χ2n) is 10.2. The van der Waals surface area contributed by atoms with Gasteiger partial charge in [0.2, 0.25) is 0 Å². The third-order valence-corrected chi connectivity index (χ3v) is 8.21. The molecule has 0 aromatic heterocycles. The fourth-order valence-electron chi connectivity index (χ4n) is 6.10. The van der Waals surface area contributed by atoms with Crippen molar-refractivity contribution in [2.75, 3.05) is 33.9 Å². The Balaban J connectivity index is 1.59. The van der Waals surface area contributed by atoms with Crippen molar-refractivity contribution in [3.8, 4) is 11.5 Å². The Labute approximate surface area is 195 Å². The van der Waals surface area contributed by atoms with E-state index in [1.165, 1.54) is 75.7 Å². The van der Waals surface area contributed by atoms with Gasteiger partial charge in [0.1, 0.15) is 11.5 Å². The molecular weight excluding hydrogens is 394 g/mol. The van der Waals surface area contributed by atoms with E-state index in [4.69, 9.17) is 9.47 Å². The summed E-state index contributed by atoms with van der Waals surface area (Å²) < 4.78 is 11.3. The van der Waals surface area contributed by atoms with Gasteiger partial charge in [-0.1, -0.05) is 43.7 Å². The van der Waals surface area contributed by atoms with E-state index in [0.717, 1.165) is 17.9 Å². The van der Waals surface area contributed by atoms with Gasteiger partial charge >= 0.3 is 0 Å². The number of methoxy groups -OCH3 is 2. The summed E-state index contributed by atoms with van der Waals surface area (Å²) >= 11 is 0. The van der Waals surface area contributed by atoms with Gasteiger partial charge in [-0.3, -0.25) is 0 Å². The average molecular weight is 436 g/mol. The van der Waals surface area contributed by atoms with E-state index in [-0.39, 0.29) is 5.41 Å². The Bertz CT molecular complexity index is 860. The molecule has 1 aliphatic heterocycles. The van der Waals surface area contributed by atoms with Crippen molar-refractivity contribution in [1.82, 2.24) is 4.90 Å². The van der Waals surface area contributed by atoms with Crippen molar-refractivity contribution in [1.29, 1.82) is 0 Å². The van der Waals surface area contributed by atoms with Gasteiger partial charge in [0, 0.05) is 12.0 Å². The molecule has 2 aromatic carbocycles. The Kier molecular flexibility index (Phi) is 7.78. The van der Waals surface area contributed by atoms with Crippen molar-refractivity contribution in [2.24, 2.45) is 11.8 Å². The first-order valence-electron chi connectivity index (χ1n) is 12.6. The van der Waals surface area contributed by atoms with Crippen LogP contribution in [0.1, 0.15) is 63.0 Å². The molecule has 2 aliphatic rings. The number of ether oxygens (including phenoxy) is 2. The summed E-state index contributed by atoms with van der Waals surface area (Å²) in [5, 5.41) is 0. The second-order valence-corrected chi connectivity index (χ2v) is 10.2. The van der Waals surface area contributed by atoms with E-state index < -0.39 is 0 Å². The molecular formula is C29H41NO2. The third-order valence-electron chi connectivity index (χ3n) is 8.21. The summed E-state index contributed by atoms with van der Waals surface area (Å²) in [6, 6.07) is 17.5. The van der Waals surface area contributed by atoms with Gasteiger partial charge in [0.15, 0.2) is 0 Å². The van der Waals surface area contributed by atoms with Crippen LogP contribution in [0.25, 0.3) is 0 Å². The fraction of sp³-hybridized carbons (Fsp3) is 0.586. The first kappa shape index (κ1) is 23.2. The Hall–Kier alpha value is -2.00. The Morgan fingerprint density at radius 2 is 1.69 bits per heavy atom. The summed E-state index contributed by atoms with van der Waals surface area (Å²) in [7, 11) is 3.58. The molecule has 32 heavy (non-hydrogen) atoms. The minimum atomic E-state index is 0.218. The quantitative estimate of drug-likeness (QED) is 0.464. The van der Waals surface area contributed by atoms with Crippen molar-refractivity contribution < 1.29 is 9.47 Å². The number of rotatable bonds is 7. The molecule has 1 aliphatic carbocycles. The lowest BCUT2D eigenvalue weighted by Crippen LogP contribution is -2.43. The molecule has 0 amide bonds. The van der Waals surface area contributed by atoms with E-state index in [1.54, 1.807) is 14.2 Å². The van der Waals surface area contributed by atoms with Gasteiger partial charge < -0.3 is 14.4 Å². The lowest BCUT2D eigenvalue weighted by molar-refractivity contribution is 0.162. The maximum absolute atomic E-state index is 5.67. The smallest absolute Gasteiger partial charge is 0.122 e. The van der Waals surface area contributed by atoms with Gasteiger partial charge in [-0.05, 0) is 99.2 Å². The highest BCUT2D eigenvalue weighted by atomic mass is 16.5. The van der Waals surface area contributed by atoms with Crippen LogP contribution in [0.15, 0.2) is 48.5 Å². The van der Waals surface area contributed by atoms with E-state index in [0.29, 0.717) is 11.8 Å². The first-order chi connectivity index (χ1) is 15.6. The zero-order chi connectivity index (χ0) is 22.4. The fourth-order valence-corrected chi connectivity index (χ4v) is 6.10. The van der Waals surface area contributed by atoms with Crippen LogP contribution in [0, 0.1) is 11.8 Å². The van der Waals surface area contributed by atoms with Crippen LogP contribution < -0.4 is 9.47 Å². The standard InChI is InChI=1S/C29H41NO2/c1-23-14-16-29(22-30-18-7-4-8-19-30,26-11-9-12-27(21-26)31-2)17-15-24(23)20-25-10-5-6-13-28(25)32-3/h5-6,9-13,21,23-24H,4,7-8,14-20,22H2,1-3H3. The molecule has 174 valence electrons. The van der Waals surface area contributed by atoms with Crippen molar-refractivity contribution in [2.45, 2.75) is 63.7 Å². The number of likely N-dealkylation sites (tertiary alicyclic amines) is 1. The van der Waals surface area contributed by atoms with Gasteiger partial charge in [0.25, 0.3) is 0 Å². The van der Waals surface area contributed by atoms with Crippen molar-refractivity contribution in [3.05, 3.63) is 59.7 Å². The van der Waals surface area contributed by atoms with E-state index in [2.05, 4.69) is 60.4 Å². The van der Waals surface area contributed by atoms with E-state index in [1.807, 2.05) is 0 Å². The highest BCUT2D eigenvalue weighted by molar-refractivity contribution is 5.36. The Morgan fingerprint density at radius 1 is 0.906 bits per heavy atom. The summed E-state index contributed by atoms with van der Waals surface area (Å²) in [4.78, 5) is 2.74. The number of piperidine rings is 1. The molecule has 2 fully saturated rings. The number of benzene rings is 2. The van der Waals surface area contributed by atoms with E-state index >= 15 is 0 Å². The normalized spacial score (nSPS) is 27.0. The van der Waals surface area contributed by atoms with Crippen LogP contribution in [0.2, 0.25) is 0 Å². The van der Waals surface area contributed by atoms with Crippen LogP contribution in [0.5, 0.6) is 11.5 Å². The maximum Gasteiger partial charge on any atom is 0.122 e. The molecule has 1 heterocycles. The van der Waals surface area contributed by atoms with Crippen LogP contribution in [-0.4, -0.2) is 38.8 Å². The van der Waals surface area contributed by atoms with Crippen LogP contribution in [-0.2, 0) is 11.8 Å². The van der Waals surface area contributed by atoms with Crippen molar-refractivity contribution in [3.63, 3.8) is 0 Å². The SMILES string of the molecule is COc1cccc(C2(CN3CCCCC3)CCC(C)C(Cc3ccccc3OC)CC2)c1. The lowest BCUT2D eigenvalue weighted by Gasteiger charge is -2.40.